The van der Waals surface area contributed by atoms with Crippen LogP contribution < -0.4 is 0 Å². The van der Waals surface area contributed by atoms with Crippen molar-refractivity contribution in [1.82, 2.24) is 0 Å². The molecule has 0 saturated carbocycles. The molecule has 5 heteroatoms. The van der Waals surface area contributed by atoms with Gasteiger partial charge in [0.05, 0.1) is 7.11 Å². The third-order valence-corrected chi connectivity index (χ3v) is 1.53. The second-order valence-electron chi connectivity index (χ2n) is 2.43. The van der Waals surface area contributed by atoms with Crippen molar-refractivity contribution in [2.45, 2.75) is 0 Å². The van der Waals surface area contributed by atoms with Gasteiger partial charge in [0.15, 0.2) is 0 Å². The molecule has 0 aliphatic carbocycles. The van der Waals surface area contributed by atoms with Crippen molar-refractivity contribution >= 4 is 12.0 Å². The van der Waals surface area contributed by atoms with Crippen LogP contribution in [0.3, 0.4) is 0 Å². The molecule has 4 nitrogen and oxygen atoms in total. The van der Waals surface area contributed by atoms with Gasteiger partial charge in [-0.2, -0.15) is 0 Å². The van der Waals surface area contributed by atoms with E-state index in [1.807, 2.05) is 30.3 Å². The fraction of sp³-hybridized carbons (Fsp3) is 0.100. The van der Waals surface area contributed by atoms with Gasteiger partial charge in [-0.15, -0.1) is 0 Å². The Hall–Kier alpha value is -1.19. The van der Waals surface area contributed by atoms with Gasteiger partial charge in [0.25, 0.3) is 0 Å². The Morgan fingerprint density at radius 3 is 2.27 bits per heavy atom. The summed E-state index contributed by atoms with van der Waals surface area (Å²) in [6.07, 6.45) is 1.47. The summed E-state index contributed by atoms with van der Waals surface area (Å²) in [7, 11) is 1.34. The van der Waals surface area contributed by atoms with Gasteiger partial charge in [-0.05, 0) is 11.6 Å². The van der Waals surface area contributed by atoms with Crippen LogP contribution >= 0.6 is 0 Å². The summed E-state index contributed by atoms with van der Waals surface area (Å²) in [5, 5.41) is 8.64. The quantitative estimate of drug-likeness (QED) is 0.509. The summed E-state index contributed by atoms with van der Waals surface area (Å²) in [5.41, 5.74) is 0.807. The zero-order valence-corrected chi connectivity index (χ0v) is 11.3. The Balaban J connectivity index is 0. The molecule has 0 bridgehead atoms. The summed E-state index contributed by atoms with van der Waals surface area (Å²) in [4.78, 5) is 10.5. The van der Waals surface area contributed by atoms with Gasteiger partial charge >= 0.3 is 25.4 Å². The molecule has 0 aliphatic rings. The van der Waals surface area contributed by atoms with Crippen LogP contribution in [0.1, 0.15) is 5.56 Å². The van der Waals surface area contributed by atoms with E-state index in [1.165, 1.54) is 13.2 Å². The van der Waals surface area contributed by atoms with Crippen molar-refractivity contribution in [1.29, 1.82) is 0 Å². The van der Waals surface area contributed by atoms with Crippen molar-refractivity contribution in [3.8, 4) is 0 Å². The van der Waals surface area contributed by atoms with E-state index in [4.69, 9.17) is 5.11 Å². The molecule has 0 amide bonds. The molecule has 0 heterocycles. The number of methoxy groups -OCH3 is 1. The summed E-state index contributed by atoms with van der Waals surface area (Å²) in [6.45, 7) is 0. The van der Waals surface area contributed by atoms with E-state index in [1.54, 1.807) is 0 Å². The van der Waals surface area contributed by atoms with Crippen LogP contribution in [0.2, 0.25) is 0 Å². The Morgan fingerprint density at radius 2 is 1.87 bits per heavy atom. The number of benzene rings is 1. The number of carbonyl (C=O) groups is 1. The Bertz CT molecular complexity index is 321. The minimum atomic E-state index is -1.06. The number of hydrogen-bond acceptors (Lipinski definition) is 2. The van der Waals surface area contributed by atoms with E-state index in [9.17, 15) is 4.79 Å². The standard InChI is InChI=1S/C10H10O3.O.Zn/c1-13-9(10(11)12)7-8-5-3-2-4-6-8;;/h2-7H,1H3,(H,11,12);;/q;-2;+2. The molecule has 0 atom stereocenters. The normalized spacial score (nSPS) is 9.53. The minimum Gasteiger partial charge on any atom is -2.00 e. The van der Waals surface area contributed by atoms with Gasteiger partial charge in [0, 0.05) is 0 Å². The number of rotatable bonds is 3. The van der Waals surface area contributed by atoms with Gasteiger partial charge < -0.3 is 15.3 Å². The van der Waals surface area contributed by atoms with E-state index in [0.717, 1.165) is 5.56 Å². The molecular formula is C10H10O4Zn. The first-order valence-electron chi connectivity index (χ1n) is 3.78. The van der Waals surface area contributed by atoms with Crippen LogP contribution in [0.15, 0.2) is 36.1 Å². The number of aliphatic carboxylic acids is 1. The molecule has 0 unspecified atom stereocenters. The second-order valence-corrected chi connectivity index (χ2v) is 2.43. The summed E-state index contributed by atoms with van der Waals surface area (Å²) < 4.78 is 4.68. The molecule has 15 heavy (non-hydrogen) atoms. The molecule has 0 fully saturated rings. The maximum absolute atomic E-state index is 10.5. The van der Waals surface area contributed by atoms with Crippen LogP contribution in [0.4, 0.5) is 0 Å². The van der Waals surface area contributed by atoms with Crippen LogP contribution in [-0.4, -0.2) is 18.2 Å². The molecule has 0 radical (unpaired) electrons. The van der Waals surface area contributed by atoms with E-state index in [2.05, 4.69) is 4.74 Å². The van der Waals surface area contributed by atoms with E-state index in [0.29, 0.717) is 0 Å². The number of carboxylic acids is 1. The van der Waals surface area contributed by atoms with E-state index >= 15 is 0 Å². The fourth-order valence-corrected chi connectivity index (χ4v) is 0.909. The molecule has 0 spiro atoms. The molecule has 0 aliphatic heterocycles. The maximum atomic E-state index is 10.5. The van der Waals surface area contributed by atoms with Crippen molar-refractivity contribution in [2.75, 3.05) is 7.11 Å². The number of hydrogen-bond donors (Lipinski definition) is 1. The third-order valence-electron chi connectivity index (χ3n) is 1.53. The molecule has 0 saturated heterocycles. The van der Waals surface area contributed by atoms with E-state index in [-0.39, 0.29) is 30.7 Å². The average Bonchev–Trinajstić information content (AvgIpc) is 2.15. The van der Waals surface area contributed by atoms with Crippen LogP contribution in [0.25, 0.3) is 6.08 Å². The van der Waals surface area contributed by atoms with Gasteiger partial charge in [-0.1, -0.05) is 30.3 Å². The molecule has 76 valence electrons. The summed E-state index contributed by atoms with van der Waals surface area (Å²) in [6, 6.07) is 9.15. The molecule has 1 aromatic carbocycles. The predicted molar refractivity (Wildman–Crippen MR) is 49.8 cm³/mol. The zero-order valence-electron chi connectivity index (χ0n) is 8.34. The number of carboxylic acid groups (broad SMARTS) is 1. The van der Waals surface area contributed by atoms with Crippen LogP contribution in [0.5, 0.6) is 0 Å². The van der Waals surface area contributed by atoms with Crippen LogP contribution in [-0.2, 0) is 34.5 Å². The van der Waals surface area contributed by atoms with Crippen molar-refractivity contribution in [3.05, 3.63) is 41.7 Å². The maximum Gasteiger partial charge on any atom is 2.00 e. The smallest absolute Gasteiger partial charge is 2.00 e. The monoisotopic (exact) mass is 258 g/mol. The fourth-order valence-electron chi connectivity index (χ4n) is 0.909. The van der Waals surface area contributed by atoms with Gasteiger partial charge in [-0.25, -0.2) is 4.79 Å². The summed E-state index contributed by atoms with van der Waals surface area (Å²) >= 11 is 0. The minimum absolute atomic E-state index is 0. The molecule has 1 rings (SSSR count). The van der Waals surface area contributed by atoms with E-state index < -0.39 is 5.97 Å². The van der Waals surface area contributed by atoms with Crippen molar-refractivity contribution < 1.29 is 39.6 Å². The summed E-state index contributed by atoms with van der Waals surface area (Å²) in [5.74, 6) is -1.13. The van der Waals surface area contributed by atoms with Gasteiger partial charge in [-0.3, -0.25) is 0 Å². The largest absolute Gasteiger partial charge is 2.00 e. The molecule has 0 aromatic heterocycles. The van der Waals surface area contributed by atoms with Gasteiger partial charge in [0.2, 0.25) is 5.76 Å². The first kappa shape index (κ1) is 16.3. The van der Waals surface area contributed by atoms with Crippen LogP contribution in [0, 0.1) is 0 Å². The predicted octanol–water partition coefficient (Wildman–Crippen LogP) is 1.64. The Labute approximate surface area is 101 Å². The second kappa shape index (κ2) is 8.15. The Morgan fingerprint density at radius 1 is 1.33 bits per heavy atom. The third kappa shape index (κ3) is 5.30. The van der Waals surface area contributed by atoms with Crippen molar-refractivity contribution in [3.63, 3.8) is 0 Å². The molecular weight excluding hydrogens is 249 g/mol. The average molecular weight is 260 g/mol. The first-order valence-corrected chi connectivity index (χ1v) is 3.78. The molecule has 1 N–H and O–H groups in total. The van der Waals surface area contributed by atoms with Gasteiger partial charge in [0.1, 0.15) is 0 Å². The Kier molecular flexibility index (Phi) is 8.83. The number of ether oxygens (including phenoxy) is 1. The SMILES string of the molecule is COC(=Cc1ccccc1)C(=O)O.[O-2].[Zn+2]. The topological polar surface area (TPSA) is 75.0 Å². The molecule has 1 aromatic rings. The first-order chi connectivity index (χ1) is 6.24. The van der Waals surface area contributed by atoms with Crippen molar-refractivity contribution in [2.24, 2.45) is 0 Å². The zero-order chi connectivity index (χ0) is 9.68.